The van der Waals surface area contributed by atoms with E-state index < -0.39 is 11.9 Å². The third-order valence-electron chi connectivity index (χ3n) is 4.95. The number of esters is 1. The molecule has 1 saturated heterocycles. The predicted octanol–water partition coefficient (Wildman–Crippen LogP) is 4.18. The van der Waals surface area contributed by atoms with Gasteiger partial charge in [0.2, 0.25) is 5.91 Å². The maximum Gasteiger partial charge on any atom is 0.316 e. The first-order valence-electron chi connectivity index (χ1n) is 9.32. The summed E-state index contributed by atoms with van der Waals surface area (Å²) in [5.74, 6) is -0.517. The Labute approximate surface area is 168 Å². The zero-order valence-corrected chi connectivity index (χ0v) is 15.6. The second-order valence-corrected chi connectivity index (χ2v) is 6.88. The van der Waals surface area contributed by atoms with E-state index >= 15 is 0 Å². The summed E-state index contributed by atoms with van der Waals surface area (Å²) in [7, 11) is 0. The van der Waals surface area contributed by atoms with Crippen LogP contribution in [0.3, 0.4) is 0 Å². The number of benzene rings is 3. The van der Waals surface area contributed by atoms with Crippen LogP contribution in [0.4, 0.5) is 5.69 Å². The molecule has 0 N–H and O–H groups in total. The summed E-state index contributed by atoms with van der Waals surface area (Å²) in [5.41, 5.74) is 3.33. The lowest BCUT2D eigenvalue weighted by Gasteiger charge is -2.16. The van der Waals surface area contributed by atoms with Crippen LogP contribution in [0.5, 0.6) is 5.75 Å². The number of amides is 1. The quantitative estimate of drug-likeness (QED) is 0.501. The molecule has 3 aromatic carbocycles. The zero-order valence-electron chi connectivity index (χ0n) is 15.6. The lowest BCUT2D eigenvalue weighted by molar-refractivity contribution is -0.139. The van der Waals surface area contributed by atoms with Crippen LogP contribution in [0.2, 0.25) is 0 Å². The van der Waals surface area contributed by atoms with Crippen molar-refractivity contribution in [2.24, 2.45) is 5.92 Å². The molecule has 0 aromatic heterocycles. The summed E-state index contributed by atoms with van der Waals surface area (Å²) in [6, 6.07) is 25.9. The van der Waals surface area contributed by atoms with Crippen molar-refractivity contribution >= 4 is 17.6 Å². The molecule has 1 aliphatic heterocycles. The van der Waals surface area contributed by atoms with E-state index in [9.17, 15) is 9.59 Å². The summed E-state index contributed by atoms with van der Waals surface area (Å²) < 4.78 is 5.50. The maximum absolute atomic E-state index is 12.5. The van der Waals surface area contributed by atoms with E-state index in [4.69, 9.17) is 10.00 Å². The van der Waals surface area contributed by atoms with E-state index in [1.54, 1.807) is 29.2 Å². The maximum atomic E-state index is 12.5. The molecule has 1 unspecified atom stereocenters. The second kappa shape index (κ2) is 7.99. The highest BCUT2D eigenvalue weighted by atomic mass is 16.5. The third kappa shape index (κ3) is 4.02. The molecule has 0 bridgehead atoms. The van der Waals surface area contributed by atoms with Crippen molar-refractivity contribution < 1.29 is 14.3 Å². The molecule has 0 saturated carbocycles. The molecular formula is C24H18N2O3. The highest BCUT2D eigenvalue weighted by molar-refractivity contribution is 5.99. The number of para-hydroxylation sites is 1. The van der Waals surface area contributed by atoms with E-state index in [1.807, 2.05) is 54.6 Å². The molecule has 1 aliphatic rings. The van der Waals surface area contributed by atoms with Crippen molar-refractivity contribution in [2.45, 2.75) is 6.42 Å². The largest absolute Gasteiger partial charge is 0.426 e. The molecule has 1 amide bonds. The molecule has 0 spiro atoms. The molecule has 5 nitrogen and oxygen atoms in total. The Morgan fingerprint density at radius 3 is 2.17 bits per heavy atom. The second-order valence-electron chi connectivity index (χ2n) is 6.88. The number of ether oxygens (including phenoxy) is 1. The van der Waals surface area contributed by atoms with Crippen molar-refractivity contribution in [3.8, 4) is 22.9 Å². The molecule has 1 atom stereocenters. The molecule has 1 heterocycles. The Morgan fingerprint density at radius 2 is 1.55 bits per heavy atom. The number of rotatable bonds is 4. The van der Waals surface area contributed by atoms with Crippen LogP contribution < -0.4 is 9.64 Å². The van der Waals surface area contributed by atoms with Gasteiger partial charge in [0.05, 0.1) is 17.6 Å². The number of carbonyl (C=O) groups excluding carboxylic acids is 2. The first-order valence-corrected chi connectivity index (χ1v) is 9.32. The molecule has 5 heteroatoms. The number of anilines is 1. The fourth-order valence-electron chi connectivity index (χ4n) is 3.38. The van der Waals surface area contributed by atoms with Crippen molar-refractivity contribution in [2.75, 3.05) is 11.4 Å². The number of hydrogen-bond donors (Lipinski definition) is 0. The lowest BCUT2D eigenvalue weighted by Crippen LogP contribution is -2.27. The van der Waals surface area contributed by atoms with Gasteiger partial charge in [-0.05, 0) is 47.5 Å². The number of nitrogens with zero attached hydrogens (tertiary/aromatic N) is 2. The molecule has 142 valence electrons. The van der Waals surface area contributed by atoms with Gasteiger partial charge in [0.15, 0.2) is 0 Å². The number of hydrogen-bond acceptors (Lipinski definition) is 4. The SMILES string of the molecule is N#Cc1ccc(-c2ccc(OC(=O)C3CC(=O)N(c4ccccc4)C3)cc2)cc1. The van der Waals surface area contributed by atoms with Crippen LogP contribution in [-0.2, 0) is 9.59 Å². The van der Waals surface area contributed by atoms with Gasteiger partial charge in [-0.3, -0.25) is 9.59 Å². The highest BCUT2D eigenvalue weighted by Gasteiger charge is 2.36. The number of nitriles is 1. The smallest absolute Gasteiger partial charge is 0.316 e. The standard InChI is InChI=1S/C24H18N2O3/c25-15-17-6-8-18(9-7-17)19-10-12-22(13-11-19)29-24(28)20-14-23(27)26(16-20)21-4-2-1-3-5-21/h1-13,20H,14,16H2. The topological polar surface area (TPSA) is 70.4 Å². The van der Waals surface area contributed by atoms with Gasteiger partial charge in [-0.2, -0.15) is 5.26 Å². The Hall–Kier alpha value is -3.91. The van der Waals surface area contributed by atoms with Crippen molar-refractivity contribution in [3.63, 3.8) is 0 Å². The molecule has 0 aliphatic carbocycles. The van der Waals surface area contributed by atoms with Crippen LogP contribution in [0, 0.1) is 17.2 Å². The minimum absolute atomic E-state index is 0.0747. The predicted molar refractivity (Wildman–Crippen MR) is 109 cm³/mol. The van der Waals surface area contributed by atoms with E-state index in [0.29, 0.717) is 17.9 Å². The summed E-state index contributed by atoms with van der Waals surface area (Å²) in [6.07, 6.45) is 0.150. The van der Waals surface area contributed by atoms with E-state index in [2.05, 4.69) is 6.07 Å². The average Bonchev–Trinajstić information content (AvgIpc) is 3.17. The monoisotopic (exact) mass is 382 g/mol. The molecular weight excluding hydrogens is 364 g/mol. The van der Waals surface area contributed by atoms with Gasteiger partial charge in [-0.1, -0.05) is 42.5 Å². The van der Waals surface area contributed by atoms with Gasteiger partial charge < -0.3 is 9.64 Å². The van der Waals surface area contributed by atoms with Crippen molar-refractivity contribution in [1.29, 1.82) is 5.26 Å². The molecule has 4 rings (SSSR count). The minimum Gasteiger partial charge on any atom is -0.426 e. The van der Waals surface area contributed by atoms with Crippen LogP contribution in [0.15, 0.2) is 78.9 Å². The van der Waals surface area contributed by atoms with Gasteiger partial charge in [0, 0.05) is 18.7 Å². The Bertz CT molecular complexity index is 1070. The van der Waals surface area contributed by atoms with Gasteiger partial charge >= 0.3 is 5.97 Å². The Kier molecular flexibility index (Phi) is 5.08. The van der Waals surface area contributed by atoms with Gasteiger partial charge in [0.25, 0.3) is 0 Å². The highest BCUT2D eigenvalue weighted by Crippen LogP contribution is 2.27. The Morgan fingerprint density at radius 1 is 0.931 bits per heavy atom. The first-order chi connectivity index (χ1) is 14.1. The summed E-state index contributed by atoms with van der Waals surface area (Å²) >= 11 is 0. The third-order valence-corrected chi connectivity index (χ3v) is 4.95. The first kappa shape index (κ1) is 18.5. The fourth-order valence-corrected chi connectivity index (χ4v) is 3.38. The van der Waals surface area contributed by atoms with E-state index in [-0.39, 0.29) is 12.3 Å². The average molecular weight is 382 g/mol. The van der Waals surface area contributed by atoms with Crippen LogP contribution in [0.25, 0.3) is 11.1 Å². The van der Waals surface area contributed by atoms with Crippen molar-refractivity contribution in [1.82, 2.24) is 0 Å². The lowest BCUT2D eigenvalue weighted by atomic mass is 10.0. The van der Waals surface area contributed by atoms with E-state index in [1.165, 1.54) is 0 Å². The Balaban J connectivity index is 1.41. The summed E-state index contributed by atoms with van der Waals surface area (Å²) in [6.45, 7) is 0.324. The van der Waals surface area contributed by atoms with Gasteiger partial charge in [0.1, 0.15) is 5.75 Å². The minimum atomic E-state index is -0.485. The van der Waals surface area contributed by atoms with Crippen LogP contribution >= 0.6 is 0 Å². The van der Waals surface area contributed by atoms with Gasteiger partial charge in [-0.25, -0.2) is 0 Å². The normalized spacial score (nSPS) is 15.8. The van der Waals surface area contributed by atoms with Gasteiger partial charge in [-0.15, -0.1) is 0 Å². The van der Waals surface area contributed by atoms with E-state index in [0.717, 1.165) is 16.8 Å². The fraction of sp³-hybridized carbons (Fsp3) is 0.125. The zero-order chi connectivity index (χ0) is 20.2. The molecule has 0 radical (unpaired) electrons. The molecule has 1 fully saturated rings. The van der Waals surface area contributed by atoms with Crippen LogP contribution in [0.1, 0.15) is 12.0 Å². The summed E-state index contributed by atoms with van der Waals surface area (Å²) in [4.78, 5) is 26.4. The summed E-state index contributed by atoms with van der Waals surface area (Å²) in [5, 5.41) is 8.88. The molecule has 29 heavy (non-hydrogen) atoms. The van der Waals surface area contributed by atoms with Crippen LogP contribution in [-0.4, -0.2) is 18.4 Å². The van der Waals surface area contributed by atoms with Crippen molar-refractivity contribution in [3.05, 3.63) is 84.4 Å². The number of carbonyl (C=O) groups is 2. The molecule has 3 aromatic rings.